The minimum Gasteiger partial charge on any atom is -0.465 e. The van der Waals surface area contributed by atoms with E-state index in [4.69, 9.17) is 0 Å². The lowest BCUT2D eigenvalue weighted by molar-refractivity contribution is -0.148. The molecule has 0 radical (unpaired) electrons. The molecule has 0 rings (SSSR count). The van der Waals surface area contributed by atoms with Gasteiger partial charge in [0.25, 0.3) is 0 Å². The third-order valence-electron chi connectivity index (χ3n) is 1.69. The summed E-state index contributed by atoms with van der Waals surface area (Å²) < 4.78 is 33.9. The molecule has 0 saturated heterocycles. The fourth-order valence-electron chi connectivity index (χ4n) is 0.767. The van der Waals surface area contributed by atoms with Crippen molar-refractivity contribution in [2.75, 3.05) is 13.2 Å². The van der Waals surface area contributed by atoms with Gasteiger partial charge >= 0.3 is 11.9 Å². The third kappa shape index (κ3) is 9.47. The number of carbonyl (C=O) groups is 2. The Morgan fingerprint density at radius 3 is 2.29 bits per heavy atom. The molecule has 0 aromatic carbocycles. The predicted octanol–water partition coefficient (Wildman–Crippen LogP) is 2.08. The van der Waals surface area contributed by atoms with Crippen LogP contribution in [0, 0.1) is 0 Å². The molecule has 0 bridgehead atoms. The van der Waals surface area contributed by atoms with Gasteiger partial charge in [-0.15, -0.1) is 0 Å². The Labute approximate surface area is 98.6 Å². The molecule has 98 valence electrons. The Bertz CT molecular complexity index is 294. The predicted molar refractivity (Wildman–Crippen MR) is 56.6 cm³/mol. The van der Waals surface area contributed by atoms with Gasteiger partial charge in [0.1, 0.15) is 6.61 Å². The van der Waals surface area contributed by atoms with Crippen molar-refractivity contribution >= 4 is 11.9 Å². The van der Waals surface area contributed by atoms with E-state index < -0.39 is 24.3 Å². The summed E-state index contributed by atoms with van der Waals surface area (Å²) in [7, 11) is 0. The van der Waals surface area contributed by atoms with Crippen molar-refractivity contribution in [1.82, 2.24) is 0 Å². The minimum absolute atomic E-state index is 0.146. The van der Waals surface area contributed by atoms with Gasteiger partial charge in [-0.05, 0) is 13.8 Å². The van der Waals surface area contributed by atoms with Crippen LogP contribution in [0.25, 0.3) is 0 Å². The summed E-state index contributed by atoms with van der Waals surface area (Å²) in [6, 6.07) is 0. The van der Waals surface area contributed by atoms with Crippen LogP contribution in [0.1, 0.15) is 26.7 Å². The SMILES string of the molecule is C=C(C)C(=O)OCCC(=O)OCCC(C)(F)F. The van der Waals surface area contributed by atoms with Crippen LogP contribution in [0.5, 0.6) is 0 Å². The number of alkyl halides is 2. The molecule has 6 heteroatoms. The van der Waals surface area contributed by atoms with Crippen LogP contribution in [0.2, 0.25) is 0 Å². The van der Waals surface area contributed by atoms with Crippen LogP contribution >= 0.6 is 0 Å². The first-order valence-corrected chi connectivity index (χ1v) is 5.08. The van der Waals surface area contributed by atoms with Crippen LogP contribution in [-0.4, -0.2) is 31.1 Å². The second-order valence-corrected chi connectivity index (χ2v) is 3.71. The average Bonchev–Trinajstić information content (AvgIpc) is 2.15. The van der Waals surface area contributed by atoms with E-state index in [9.17, 15) is 18.4 Å². The number of hydrogen-bond donors (Lipinski definition) is 0. The number of halogens is 2. The van der Waals surface area contributed by atoms with E-state index in [2.05, 4.69) is 16.1 Å². The molecule has 0 amide bonds. The zero-order valence-electron chi connectivity index (χ0n) is 9.92. The third-order valence-corrected chi connectivity index (χ3v) is 1.69. The Morgan fingerprint density at radius 1 is 1.24 bits per heavy atom. The largest absolute Gasteiger partial charge is 0.465 e. The molecule has 0 unspecified atom stereocenters. The summed E-state index contributed by atoms with van der Waals surface area (Å²) >= 11 is 0. The Hall–Kier alpha value is -1.46. The molecule has 0 aromatic rings. The van der Waals surface area contributed by atoms with E-state index in [-0.39, 0.29) is 25.2 Å². The van der Waals surface area contributed by atoms with Gasteiger partial charge in [-0.3, -0.25) is 4.79 Å². The number of ether oxygens (including phenoxy) is 2. The lowest BCUT2D eigenvalue weighted by Crippen LogP contribution is -2.17. The molecule has 0 heterocycles. The van der Waals surface area contributed by atoms with Gasteiger partial charge in [0.05, 0.1) is 13.0 Å². The van der Waals surface area contributed by atoms with E-state index in [0.29, 0.717) is 0 Å². The maximum atomic E-state index is 12.3. The molecule has 17 heavy (non-hydrogen) atoms. The van der Waals surface area contributed by atoms with Gasteiger partial charge in [-0.1, -0.05) is 6.58 Å². The van der Waals surface area contributed by atoms with Gasteiger partial charge < -0.3 is 9.47 Å². The van der Waals surface area contributed by atoms with E-state index >= 15 is 0 Å². The molecule has 0 N–H and O–H groups in total. The summed E-state index contributed by atoms with van der Waals surface area (Å²) in [5, 5.41) is 0. The van der Waals surface area contributed by atoms with Crippen molar-refractivity contribution in [1.29, 1.82) is 0 Å². The highest BCUT2D eigenvalue weighted by atomic mass is 19.3. The highest BCUT2D eigenvalue weighted by molar-refractivity contribution is 5.87. The second kappa shape index (κ2) is 6.98. The van der Waals surface area contributed by atoms with Crippen molar-refractivity contribution < 1.29 is 27.8 Å². The molecule has 0 spiro atoms. The summed E-state index contributed by atoms with van der Waals surface area (Å²) in [4.78, 5) is 21.9. The number of rotatable bonds is 7. The molecule has 4 nitrogen and oxygen atoms in total. The van der Waals surface area contributed by atoms with Crippen LogP contribution in [0.15, 0.2) is 12.2 Å². The smallest absolute Gasteiger partial charge is 0.333 e. The van der Waals surface area contributed by atoms with Crippen LogP contribution < -0.4 is 0 Å². The van der Waals surface area contributed by atoms with E-state index in [1.165, 1.54) is 6.92 Å². The summed E-state index contributed by atoms with van der Waals surface area (Å²) in [5.74, 6) is -4.13. The second-order valence-electron chi connectivity index (χ2n) is 3.71. The molecule has 0 aliphatic rings. The number of hydrogen-bond acceptors (Lipinski definition) is 4. The number of esters is 2. The first-order valence-electron chi connectivity index (χ1n) is 5.08. The maximum Gasteiger partial charge on any atom is 0.333 e. The quantitative estimate of drug-likeness (QED) is 0.513. The van der Waals surface area contributed by atoms with Crippen LogP contribution in [-0.2, 0) is 19.1 Å². The summed E-state index contributed by atoms with van der Waals surface area (Å²) in [6.45, 7) is 5.08. The van der Waals surface area contributed by atoms with Crippen LogP contribution in [0.4, 0.5) is 8.78 Å². The highest BCUT2D eigenvalue weighted by Gasteiger charge is 2.21. The average molecular weight is 250 g/mol. The van der Waals surface area contributed by atoms with E-state index in [1.54, 1.807) is 0 Å². The van der Waals surface area contributed by atoms with E-state index in [1.807, 2.05) is 0 Å². The van der Waals surface area contributed by atoms with Crippen molar-refractivity contribution in [3.05, 3.63) is 12.2 Å². The highest BCUT2D eigenvalue weighted by Crippen LogP contribution is 2.16. The topological polar surface area (TPSA) is 52.6 Å². The number of carbonyl (C=O) groups excluding carboxylic acids is 2. The summed E-state index contributed by atoms with van der Waals surface area (Å²) in [6.07, 6.45) is -0.682. The minimum atomic E-state index is -2.85. The van der Waals surface area contributed by atoms with Gasteiger partial charge in [0.2, 0.25) is 5.92 Å². The maximum absolute atomic E-state index is 12.3. The van der Waals surface area contributed by atoms with Gasteiger partial charge in [-0.2, -0.15) is 0 Å². The van der Waals surface area contributed by atoms with Crippen molar-refractivity contribution in [3.63, 3.8) is 0 Å². The molecular weight excluding hydrogens is 234 g/mol. The Kier molecular flexibility index (Phi) is 6.38. The fourth-order valence-corrected chi connectivity index (χ4v) is 0.767. The normalized spacial score (nSPS) is 10.8. The zero-order valence-corrected chi connectivity index (χ0v) is 9.92. The Morgan fingerprint density at radius 2 is 1.82 bits per heavy atom. The fraction of sp³-hybridized carbons (Fsp3) is 0.636. The van der Waals surface area contributed by atoms with Crippen molar-refractivity contribution in [2.24, 2.45) is 0 Å². The zero-order chi connectivity index (χ0) is 13.5. The molecule has 0 saturated carbocycles. The molecule has 0 aliphatic carbocycles. The first-order chi connectivity index (χ1) is 7.72. The van der Waals surface area contributed by atoms with Crippen LogP contribution in [0.3, 0.4) is 0 Å². The van der Waals surface area contributed by atoms with Crippen molar-refractivity contribution in [2.45, 2.75) is 32.6 Å². The monoisotopic (exact) mass is 250 g/mol. The summed E-state index contributed by atoms with van der Waals surface area (Å²) in [5.41, 5.74) is 0.226. The molecule has 0 fully saturated rings. The van der Waals surface area contributed by atoms with Gasteiger partial charge in [0.15, 0.2) is 0 Å². The first kappa shape index (κ1) is 15.5. The van der Waals surface area contributed by atoms with Crippen molar-refractivity contribution in [3.8, 4) is 0 Å². The molecule has 0 aromatic heterocycles. The van der Waals surface area contributed by atoms with Gasteiger partial charge in [0, 0.05) is 12.0 Å². The molecule has 0 atom stereocenters. The lowest BCUT2D eigenvalue weighted by atomic mass is 10.3. The molecular formula is C11H16F2O4. The molecule has 0 aliphatic heterocycles. The lowest BCUT2D eigenvalue weighted by Gasteiger charge is -2.10. The van der Waals surface area contributed by atoms with Gasteiger partial charge in [-0.25, -0.2) is 13.6 Å². The Balaban J connectivity index is 3.61. The standard InChI is InChI=1S/C11H16F2O4/c1-8(2)10(15)17-6-4-9(14)16-7-5-11(3,12)13/h1,4-7H2,2-3H3. The van der Waals surface area contributed by atoms with E-state index in [0.717, 1.165) is 6.92 Å².